The maximum absolute atomic E-state index is 11.8. The average Bonchev–Trinajstić information content (AvgIpc) is 2.12. The molecule has 100 valence electrons. The molecule has 0 heterocycles. The van der Waals surface area contributed by atoms with Crippen LogP contribution in [0.25, 0.3) is 0 Å². The third kappa shape index (κ3) is 5.12. The van der Waals surface area contributed by atoms with E-state index in [1.807, 2.05) is 0 Å². The molecule has 7 heteroatoms. The van der Waals surface area contributed by atoms with E-state index in [2.05, 4.69) is 4.74 Å². The van der Waals surface area contributed by atoms with E-state index in [1.165, 1.54) is 4.90 Å². The summed E-state index contributed by atoms with van der Waals surface area (Å²) in [6, 6.07) is 0.121. The van der Waals surface area contributed by atoms with Crippen molar-refractivity contribution in [3.05, 3.63) is 0 Å². The van der Waals surface area contributed by atoms with Gasteiger partial charge in [0, 0.05) is 18.5 Å². The Kier molecular flexibility index (Phi) is 5.52. The summed E-state index contributed by atoms with van der Waals surface area (Å²) in [5.74, 6) is -0.138. The van der Waals surface area contributed by atoms with Gasteiger partial charge in [-0.2, -0.15) is 13.2 Å². The zero-order chi connectivity index (χ0) is 12.9. The van der Waals surface area contributed by atoms with Crippen molar-refractivity contribution < 1.29 is 22.7 Å². The molecule has 1 amide bonds. The van der Waals surface area contributed by atoms with Crippen LogP contribution in [0.15, 0.2) is 0 Å². The topological polar surface area (TPSA) is 29.5 Å². The fraction of sp³-hybridized carbons (Fsp3) is 0.900. The Balaban J connectivity index is 2.32. The predicted octanol–water partition coefficient (Wildman–Crippen LogP) is 2.19. The summed E-state index contributed by atoms with van der Waals surface area (Å²) in [6.45, 7) is -1.56. The molecular formula is C10H15ClF3NO2. The molecule has 0 aromatic rings. The molecule has 1 saturated carbocycles. The van der Waals surface area contributed by atoms with Gasteiger partial charge in [0.25, 0.3) is 0 Å². The largest absolute Gasteiger partial charge is 0.411 e. The Hall–Kier alpha value is -0.490. The first-order chi connectivity index (χ1) is 7.94. The van der Waals surface area contributed by atoms with Crippen LogP contribution < -0.4 is 0 Å². The third-order valence-corrected chi connectivity index (χ3v) is 2.82. The molecule has 1 aliphatic rings. The van der Waals surface area contributed by atoms with Gasteiger partial charge in [0.2, 0.25) is 5.91 Å². The molecule has 0 bridgehead atoms. The van der Waals surface area contributed by atoms with Crippen molar-refractivity contribution in [3.8, 4) is 0 Å². The van der Waals surface area contributed by atoms with Gasteiger partial charge in [-0.05, 0) is 19.3 Å². The predicted molar refractivity (Wildman–Crippen MR) is 56.9 cm³/mol. The average molecular weight is 274 g/mol. The van der Waals surface area contributed by atoms with Crippen molar-refractivity contribution >= 4 is 17.5 Å². The Morgan fingerprint density at radius 3 is 2.47 bits per heavy atom. The summed E-state index contributed by atoms with van der Waals surface area (Å²) < 4.78 is 39.8. The maximum atomic E-state index is 11.8. The van der Waals surface area contributed by atoms with Crippen LogP contribution in [-0.4, -0.2) is 48.7 Å². The first kappa shape index (κ1) is 14.6. The van der Waals surface area contributed by atoms with Gasteiger partial charge in [0.15, 0.2) is 0 Å². The van der Waals surface area contributed by atoms with E-state index >= 15 is 0 Å². The highest BCUT2D eigenvalue weighted by atomic mass is 35.5. The molecule has 1 rings (SSSR count). The van der Waals surface area contributed by atoms with E-state index in [0.717, 1.165) is 19.3 Å². The van der Waals surface area contributed by atoms with Crippen molar-refractivity contribution in [2.45, 2.75) is 31.5 Å². The molecule has 0 N–H and O–H groups in total. The minimum Gasteiger partial charge on any atom is -0.362 e. The molecule has 0 unspecified atom stereocenters. The number of nitrogens with zero attached hydrogens (tertiary/aromatic N) is 1. The lowest BCUT2D eigenvalue weighted by Gasteiger charge is -2.37. The molecule has 3 nitrogen and oxygen atoms in total. The Bertz CT molecular complexity index is 256. The standard InChI is InChI=1S/C10H15ClF3NO2/c11-4-5-15(8-2-1-3-8)9(16)6-17-7-10(12,13)14/h8H,1-7H2. The minimum absolute atomic E-state index is 0.121. The maximum Gasteiger partial charge on any atom is 0.411 e. The van der Waals surface area contributed by atoms with Crippen molar-refractivity contribution in [1.29, 1.82) is 0 Å². The van der Waals surface area contributed by atoms with Gasteiger partial charge >= 0.3 is 6.18 Å². The molecule has 1 fully saturated rings. The first-order valence-corrected chi connectivity index (χ1v) is 5.97. The van der Waals surface area contributed by atoms with Crippen LogP contribution in [0.4, 0.5) is 13.2 Å². The minimum atomic E-state index is -4.39. The van der Waals surface area contributed by atoms with Crippen LogP contribution in [0.1, 0.15) is 19.3 Å². The zero-order valence-corrected chi connectivity index (χ0v) is 10.1. The molecule has 0 atom stereocenters. The molecule has 0 saturated heterocycles. The van der Waals surface area contributed by atoms with Crippen LogP contribution in [-0.2, 0) is 9.53 Å². The number of halogens is 4. The lowest BCUT2D eigenvalue weighted by molar-refractivity contribution is -0.178. The molecule has 1 aliphatic carbocycles. The van der Waals surface area contributed by atoms with Crippen molar-refractivity contribution in [1.82, 2.24) is 4.90 Å². The second kappa shape index (κ2) is 6.44. The lowest BCUT2D eigenvalue weighted by atomic mass is 9.91. The number of carbonyl (C=O) groups is 1. The van der Waals surface area contributed by atoms with Crippen LogP contribution in [0.5, 0.6) is 0 Å². The fourth-order valence-corrected chi connectivity index (χ4v) is 1.82. The molecule has 0 spiro atoms. The summed E-state index contributed by atoms with van der Waals surface area (Å²) in [5, 5.41) is 0. The third-order valence-electron chi connectivity index (χ3n) is 2.65. The van der Waals surface area contributed by atoms with E-state index in [0.29, 0.717) is 6.54 Å². The summed E-state index contributed by atoms with van der Waals surface area (Å²) in [7, 11) is 0. The number of carbonyl (C=O) groups excluding carboxylic acids is 1. The highest BCUT2D eigenvalue weighted by Crippen LogP contribution is 2.25. The number of hydrogen-bond acceptors (Lipinski definition) is 2. The van der Waals surface area contributed by atoms with Gasteiger partial charge in [-0.3, -0.25) is 4.79 Å². The van der Waals surface area contributed by atoms with Gasteiger partial charge < -0.3 is 9.64 Å². The Morgan fingerprint density at radius 2 is 2.06 bits per heavy atom. The smallest absolute Gasteiger partial charge is 0.362 e. The van der Waals surface area contributed by atoms with Gasteiger partial charge in [0.05, 0.1) is 0 Å². The monoisotopic (exact) mass is 273 g/mol. The second-order valence-electron chi connectivity index (χ2n) is 3.97. The van der Waals surface area contributed by atoms with Gasteiger partial charge in [-0.25, -0.2) is 0 Å². The van der Waals surface area contributed by atoms with E-state index in [1.54, 1.807) is 0 Å². The molecule has 0 aliphatic heterocycles. The number of alkyl halides is 4. The molecule has 0 aromatic heterocycles. The van der Waals surface area contributed by atoms with Crippen LogP contribution >= 0.6 is 11.6 Å². The Labute approximate surface area is 103 Å². The number of amides is 1. The van der Waals surface area contributed by atoms with Crippen LogP contribution in [0.3, 0.4) is 0 Å². The van der Waals surface area contributed by atoms with Crippen molar-refractivity contribution in [3.63, 3.8) is 0 Å². The molecular weight excluding hydrogens is 259 g/mol. The van der Waals surface area contributed by atoms with Gasteiger partial charge in [-0.15, -0.1) is 11.6 Å². The molecule has 0 aromatic carbocycles. The highest BCUT2D eigenvalue weighted by Gasteiger charge is 2.30. The summed E-state index contributed by atoms with van der Waals surface area (Å²) in [4.78, 5) is 13.1. The van der Waals surface area contributed by atoms with Gasteiger partial charge in [-0.1, -0.05) is 0 Å². The van der Waals surface area contributed by atoms with Crippen molar-refractivity contribution in [2.75, 3.05) is 25.6 Å². The van der Waals surface area contributed by atoms with E-state index in [-0.39, 0.29) is 11.9 Å². The van der Waals surface area contributed by atoms with Crippen LogP contribution in [0.2, 0.25) is 0 Å². The summed E-state index contributed by atoms with van der Waals surface area (Å²) in [5.41, 5.74) is 0. The first-order valence-electron chi connectivity index (χ1n) is 5.44. The fourth-order valence-electron chi connectivity index (χ4n) is 1.64. The summed E-state index contributed by atoms with van der Waals surface area (Å²) in [6.07, 6.45) is -1.57. The Morgan fingerprint density at radius 1 is 1.41 bits per heavy atom. The second-order valence-corrected chi connectivity index (χ2v) is 4.35. The lowest BCUT2D eigenvalue weighted by Crippen LogP contribution is -2.47. The SMILES string of the molecule is O=C(COCC(F)(F)F)N(CCCl)C1CCC1. The number of hydrogen-bond donors (Lipinski definition) is 0. The normalized spacial score (nSPS) is 16.7. The van der Waals surface area contributed by atoms with E-state index < -0.39 is 25.3 Å². The van der Waals surface area contributed by atoms with Gasteiger partial charge in [0.1, 0.15) is 13.2 Å². The number of rotatable bonds is 6. The quantitative estimate of drug-likeness (QED) is 0.694. The van der Waals surface area contributed by atoms with Crippen molar-refractivity contribution in [2.24, 2.45) is 0 Å². The molecule has 17 heavy (non-hydrogen) atoms. The van der Waals surface area contributed by atoms with E-state index in [4.69, 9.17) is 11.6 Å². The van der Waals surface area contributed by atoms with E-state index in [9.17, 15) is 18.0 Å². The van der Waals surface area contributed by atoms with Crippen LogP contribution in [0, 0.1) is 0 Å². The summed E-state index contributed by atoms with van der Waals surface area (Å²) >= 11 is 5.56. The molecule has 0 radical (unpaired) electrons. The highest BCUT2D eigenvalue weighted by molar-refractivity contribution is 6.18. The number of ether oxygens (including phenoxy) is 1. The zero-order valence-electron chi connectivity index (χ0n) is 9.30.